The van der Waals surface area contributed by atoms with Crippen molar-refractivity contribution in [2.45, 2.75) is 29.5 Å². The minimum atomic E-state index is -4.12. The van der Waals surface area contributed by atoms with E-state index in [-0.39, 0.29) is 6.42 Å². The Morgan fingerprint density at radius 1 is 1.50 bits per heavy atom. The molecule has 0 aromatic heterocycles. The summed E-state index contributed by atoms with van der Waals surface area (Å²) in [5, 5.41) is 7.86. The van der Waals surface area contributed by atoms with Crippen LogP contribution in [0.25, 0.3) is 0 Å². The van der Waals surface area contributed by atoms with Gasteiger partial charge in [-0.25, -0.2) is 13.2 Å². The number of ether oxygens (including phenoxy) is 1. The predicted octanol–water partition coefficient (Wildman–Crippen LogP) is -1.64. The third-order valence-corrected chi connectivity index (χ3v) is 6.20. The molecule has 18 heavy (non-hydrogen) atoms. The molecule has 0 radical (unpaired) electrons. The molecule has 2 aliphatic rings. The van der Waals surface area contributed by atoms with Gasteiger partial charge in [0.1, 0.15) is 5.37 Å². The number of carboxylic acids is 1. The highest BCUT2D eigenvalue weighted by Crippen LogP contribution is 2.46. The van der Waals surface area contributed by atoms with E-state index in [1.807, 2.05) is 0 Å². The van der Waals surface area contributed by atoms with Gasteiger partial charge in [0.25, 0.3) is 0 Å². The predicted molar refractivity (Wildman–Crippen MR) is 56.0 cm³/mol. The van der Waals surface area contributed by atoms with Gasteiger partial charge < -0.3 is 14.7 Å². The fourth-order valence-electron chi connectivity index (χ4n) is 2.46. The zero-order valence-corrected chi connectivity index (χ0v) is 10.4. The maximum Gasteiger partial charge on any atom is 0.329 e. The number of esters is 1. The summed E-state index contributed by atoms with van der Waals surface area (Å²) < 4.78 is 26.5. The fourth-order valence-corrected chi connectivity index (χ4v) is 4.77. The Morgan fingerprint density at radius 3 is 2.44 bits per heavy atom. The fraction of sp³-hybridized carbons (Fsp3) is 0.667. The number of sulfone groups is 1. The van der Waals surface area contributed by atoms with E-state index in [2.05, 4.69) is 4.74 Å². The first-order valence-electron chi connectivity index (χ1n) is 5.05. The minimum Gasteiger partial charge on any atom is -0.480 e. The second kappa shape index (κ2) is 3.44. The van der Waals surface area contributed by atoms with Crippen molar-refractivity contribution in [2.75, 3.05) is 7.11 Å². The summed E-state index contributed by atoms with van der Waals surface area (Å²) in [6.45, 7) is 0.985. The average molecular weight is 277 g/mol. The maximum atomic E-state index is 12.2. The molecule has 8 nitrogen and oxygen atoms in total. The summed E-state index contributed by atoms with van der Waals surface area (Å²) in [5.41, 5.74) is 0. The molecule has 2 rings (SSSR count). The average Bonchev–Trinajstić information content (AvgIpc) is 2.43. The van der Waals surface area contributed by atoms with E-state index in [1.54, 1.807) is 0 Å². The smallest absolute Gasteiger partial charge is 0.329 e. The molecule has 2 fully saturated rings. The van der Waals surface area contributed by atoms with E-state index in [1.165, 1.54) is 0 Å². The molecule has 0 unspecified atom stereocenters. The van der Waals surface area contributed by atoms with Crippen molar-refractivity contribution in [1.82, 2.24) is 4.90 Å². The zero-order chi connectivity index (χ0) is 13.9. The summed E-state index contributed by atoms with van der Waals surface area (Å²) in [6, 6.07) is -1.73. The summed E-state index contributed by atoms with van der Waals surface area (Å²) >= 11 is 0. The quantitative estimate of drug-likeness (QED) is 0.475. The molecule has 1 N–H and O–H groups in total. The molecule has 0 aliphatic carbocycles. The number of β-lactam (4-membered cyclic amide) rings is 1. The van der Waals surface area contributed by atoms with Crippen LogP contribution in [0.4, 0.5) is 0 Å². The van der Waals surface area contributed by atoms with Gasteiger partial charge in [-0.2, -0.15) is 0 Å². The zero-order valence-electron chi connectivity index (χ0n) is 9.61. The summed E-state index contributed by atoms with van der Waals surface area (Å²) in [6.07, 6.45) is -0.293. The standard InChI is InChI=1S/C9H11NO7S/c1-9(8(14)17-2)6(7(12)13)10-4(11)3-5(10)18(9,15)16/h5-6H,3H2,1-2H3,(H,12,13)/t5-,6+,9-/m1/s1. The molecular weight excluding hydrogens is 266 g/mol. The van der Waals surface area contributed by atoms with Crippen LogP contribution in [-0.4, -0.2) is 59.5 Å². The third-order valence-electron chi connectivity index (χ3n) is 3.52. The van der Waals surface area contributed by atoms with Crippen molar-refractivity contribution < 1.29 is 32.6 Å². The Kier molecular flexibility index (Phi) is 2.45. The number of hydrogen-bond donors (Lipinski definition) is 1. The largest absolute Gasteiger partial charge is 0.480 e. The summed E-state index contributed by atoms with van der Waals surface area (Å²) in [5.74, 6) is -3.30. The SMILES string of the molecule is COC(=O)[C@@]1(C)[C@H](C(=O)O)N2C(=O)C[C@H]2S1(=O)=O. The van der Waals surface area contributed by atoms with Gasteiger partial charge in [-0.15, -0.1) is 0 Å². The number of rotatable bonds is 2. The Balaban J connectivity index is 2.65. The number of amides is 1. The summed E-state index contributed by atoms with van der Waals surface area (Å²) in [4.78, 5) is 35.0. The van der Waals surface area contributed by atoms with Gasteiger partial charge >= 0.3 is 11.9 Å². The van der Waals surface area contributed by atoms with E-state index in [0.717, 1.165) is 18.9 Å². The summed E-state index contributed by atoms with van der Waals surface area (Å²) in [7, 11) is -3.14. The van der Waals surface area contributed by atoms with Gasteiger partial charge in [0.15, 0.2) is 20.6 Å². The van der Waals surface area contributed by atoms with E-state index in [9.17, 15) is 22.8 Å². The molecular formula is C9H11NO7S. The van der Waals surface area contributed by atoms with Gasteiger partial charge in [-0.1, -0.05) is 0 Å². The number of nitrogens with zero attached hydrogens (tertiary/aromatic N) is 1. The van der Waals surface area contributed by atoms with Crippen molar-refractivity contribution in [1.29, 1.82) is 0 Å². The van der Waals surface area contributed by atoms with Crippen LogP contribution in [0.3, 0.4) is 0 Å². The lowest BCUT2D eigenvalue weighted by molar-refractivity contribution is -0.161. The van der Waals surface area contributed by atoms with E-state index < -0.39 is 43.8 Å². The number of carbonyl (C=O) groups is 3. The van der Waals surface area contributed by atoms with Crippen LogP contribution < -0.4 is 0 Å². The Labute approximate surface area is 102 Å². The number of aliphatic carboxylic acids is 1. The Bertz CT molecular complexity index is 553. The van der Waals surface area contributed by atoms with Gasteiger partial charge in [0.05, 0.1) is 13.5 Å². The van der Waals surface area contributed by atoms with E-state index in [4.69, 9.17) is 5.11 Å². The van der Waals surface area contributed by atoms with Gasteiger partial charge in [-0.3, -0.25) is 9.59 Å². The van der Waals surface area contributed by atoms with Gasteiger partial charge in [0.2, 0.25) is 5.91 Å². The minimum absolute atomic E-state index is 0.293. The number of hydrogen-bond acceptors (Lipinski definition) is 6. The van der Waals surface area contributed by atoms with Crippen molar-refractivity contribution >= 4 is 27.7 Å². The lowest BCUT2D eigenvalue weighted by Crippen LogP contribution is -2.59. The first-order chi connectivity index (χ1) is 8.19. The van der Waals surface area contributed by atoms with E-state index in [0.29, 0.717) is 0 Å². The molecule has 0 aromatic rings. The number of carbonyl (C=O) groups excluding carboxylic acids is 2. The molecule has 2 saturated heterocycles. The Morgan fingerprint density at radius 2 is 2.06 bits per heavy atom. The first-order valence-corrected chi connectivity index (χ1v) is 6.60. The molecule has 2 heterocycles. The topological polar surface area (TPSA) is 118 Å². The molecule has 0 spiro atoms. The number of methoxy groups -OCH3 is 1. The van der Waals surface area contributed by atoms with Crippen LogP contribution >= 0.6 is 0 Å². The molecule has 3 atom stereocenters. The normalized spacial score (nSPS) is 36.8. The van der Waals surface area contributed by atoms with Crippen LogP contribution in [-0.2, 0) is 29.0 Å². The van der Waals surface area contributed by atoms with Crippen molar-refractivity contribution in [3.8, 4) is 0 Å². The Hall–Kier alpha value is -1.64. The van der Waals surface area contributed by atoms with Crippen LogP contribution in [0.5, 0.6) is 0 Å². The third kappa shape index (κ3) is 1.14. The second-order valence-electron chi connectivity index (χ2n) is 4.34. The van der Waals surface area contributed by atoms with E-state index >= 15 is 0 Å². The second-order valence-corrected chi connectivity index (χ2v) is 6.83. The highest BCUT2D eigenvalue weighted by Gasteiger charge is 2.73. The highest BCUT2D eigenvalue weighted by molar-refractivity contribution is 7.94. The molecule has 2 aliphatic heterocycles. The molecule has 9 heteroatoms. The molecule has 0 aromatic carbocycles. The van der Waals surface area contributed by atoms with Crippen LogP contribution in [0, 0.1) is 0 Å². The number of carboxylic acid groups (broad SMARTS) is 1. The van der Waals surface area contributed by atoms with Crippen LogP contribution in [0.1, 0.15) is 13.3 Å². The lowest BCUT2D eigenvalue weighted by Gasteiger charge is -2.35. The molecule has 0 bridgehead atoms. The highest BCUT2D eigenvalue weighted by atomic mass is 32.2. The maximum absolute atomic E-state index is 12.2. The van der Waals surface area contributed by atoms with Gasteiger partial charge in [-0.05, 0) is 6.92 Å². The van der Waals surface area contributed by atoms with Crippen LogP contribution in [0.2, 0.25) is 0 Å². The van der Waals surface area contributed by atoms with Crippen molar-refractivity contribution in [3.05, 3.63) is 0 Å². The lowest BCUT2D eigenvalue weighted by atomic mass is 9.96. The van der Waals surface area contributed by atoms with Crippen molar-refractivity contribution in [3.63, 3.8) is 0 Å². The number of fused-ring (bicyclic) bond motifs is 1. The monoisotopic (exact) mass is 277 g/mol. The molecule has 0 saturated carbocycles. The van der Waals surface area contributed by atoms with Crippen LogP contribution in [0.15, 0.2) is 0 Å². The van der Waals surface area contributed by atoms with Crippen molar-refractivity contribution in [2.24, 2.45) is 0 Å². The van der Waals surface area contributed by atoms with Gasteiger partial charge in [0, 0.05) is 0 Å². The first kappa shape index (κ1) is 12.8. The molecule has 100 valence electrons. The molecule has 1 amide bonds.